The minimum atomic E-state index is 0.609. The average molecular weight is 236 g/mol. The van der Waals surface area contributed by atoms with Crippen LogP contribution in [0.15, 0.2) is 57.7 Å². The number of fused-ring (bicyclic) bond motifs is 2. The van der Waals surface area contributed by atoms with Gasteiger partial charge >= 0.3 is 0 Å². The predicted octanol–water partition coefficient (Wildman–Crippen LogP) is 3.64. The van der Waals surface area contributed by atoms with Gasteiger partial charge in [-0.25, -0.2) is 9.97 Å². The molecule has 4 rings (SSSR count). The summed E-state index contributed by atoms with van der Waals surface area (Å²) in [5.74, 6) is 0.609. The molecule has 2 aromatic carbocycles. The van der Waals surface area contributed by atoms with Gasteiger partial charge in [-0.1, -0.05) is 18.2 Å². The van der Waals surface area contributed by atoms with Crippen LogP contribution in [0.4, 0.5) is 0 Å². The first kappa shape index (κ1) is 9.41. The Morgan fingerprint density at radius 2 is 1.78 bits per heavy atom. The second-order valence-corrected chi connectivity index (χ2v) is 4.03. The Morgan fingerprint density at radius 1 is 0.889 bits per heavy atom. The van der Waals surface area contributed by atoms with Gasteiger partial charge in [0.05, 0.1) is 0 Å². The van der Waals surface area contributed by atoms with Crippen LogP contribution in [-0.4, -0.2) is 9.97 Å². The molecular formula is C14H8N2O2. The second kappa shape index (κ2) is 3.43. The monoisotopic (exact) mass is 236 g/mol. The molecule has 0 atom stereocenters. The molecule has 0 aliphatic rings. The lowest BCUT2D eigenvalue weighted by molar-refractivity contribution is 0.597. The zero-order chi connectivity index (χ0) is 11.9. The Balaban J connectivity index is 1.98. The van der Waals surface area contributed by atoms with Gasteiger partial charge in [0.2, 0.25) is 5.89 Å². The molecule has 0 aliphatic heterocycles. The summed E-state index contributed by atoms with van der Waals surface area (Å²) in [7, 11) is 0. The predicted molar refractivity (Wildman–Crippen MR) is 67.0 cm³/mol. The van der Waals surface area contributed by atoms with Crippen LogP contribution in [0.25, 0.3) is 33.7 Å². The summed E-state index contributed by atoms with van der Waals surface area (Å²) in [5, 5.41) is 0. The van der Waals surface area contributed by atoms with Crippen LogP contribution in [0, 0.1) is 0 Å². The second-order valence-electron chi connectivity index (χ2n) is 4.03. The van der Waals surface area contributed by atoms with Crippen molar-refractivity contribution in [2.75, 3.05) is 0 Å². The van der Waals surface area contributed by atoms with E-state index in [2.05, 4.69) is 9.97 Å². The lowest BCUT2D eigenvalue weighted by Crippen LogP contribution is -1.74. The summed E-state index contributed by atoms with van der Waals surface area (Å²) in [6.45, 7) is 0. The molecule has 86 valence electrons. The Labute approximate surface area is 102 Å². The maximum Gasteiger partial charge on any atom is 0.227 e. The number of rotatable bonds is 1. The number of benzene rings is 2. The fraction of sp³-hybridized carbons (Fsp3) is 0. The average Bonchev–Trinajstić information content (AvgIpc) is 3.01. The molecular weight excluding hydrogens is 228 g/mol. The zero-order valence-electron chi connectivity index (χ0n) is 9.33. The van der Waals surface area contributed by atoms with Crippen LogP contribution < -0.4 is 0 Å². The largest absolute Gasteiger partial charge is 0.443 e. The third kappa shape index (κ3) is 1.32. The van der Waals surface area contributed by atoms with Crippen molar-refractivity contribution >= 4 is 22.2 Å². The molecule has 0 unspecified atom stereocenters. The standard InChI is InChI=1S/C14H8N2O2/c1-2-4-9(5-3-1)14-16-11-6-10-12(17-8-15-10)7-13(11)18-14/h1-8H. The van der Waals surface area contributed by atoms with Crippen molar-refractivity contribution < 1.29 is 8.83 Å². The number of nitrogens with zero attached hydrogens (tertiary/aromatic N) is 2. The van der Waals surface area contributed by atoms with E-state index in [-0.39, 0.29) is 0 Å². The number of hydrogen-bond donors (Lipinski definition) is 0. The van der Waals surface area contributed by atoms with E-state index in [0.29, 0.717) is 17.1 Å². The Kier molecular flexibility index (Phi) is 1.80. The van der Waals surface area contributed by atoms with Crippen molar-refractivity contribution in [3.8, 4) is 11.5 Å². The van der Waals surface area contributed by atoms with Crippen molar-refractivity contribution in [2.45, 2.75) is 0 Å². The third-order valence-corrected chi connectivity index (χ3v) is 2.86. The van der Waals surface area contributed by atoms with Gasteiger partial charge in [0.15, 0.2) is 17.6 Å². The molecule has 4 nitrogen and oxygen atoms in total. The number of aromatic nitrogens is 2. The normalized spacial score (nSPS) is 11.3. The van der Waals surface area contributed by atoms with Crippen LogP contribution in [0.5, 0.6) is 0 Å². The van der Waals surface area contributed by atoms with Gasteiger partial charge < -0.3 is 8.83 Å². The molecule has 2 aromatic heterocycles. The molecule has 0 radical (unpaired) electrons. The van der Waals surface area contributed by atoms with Crippen molar-refractivity contribution in [2.24, 2.45) is 0 Å². The molecule has 0 saturated carbocycles. The highest BCUT2D eigenvalue weighted by Crippen LogP contribution is 2.27. The third-order valence-electron chi connectivity index (χ3n) is 2.86. The van der Waals surface area contributed by atoms with E-state index in [0.717, 1.165) is 16.6 Å². The number of hydrogen-bond acceptors (Lipinski definition) is 4. The van der Waals surface area contributed by atoms with Gasteiger partial charge in [0, 0.05) is 11.6 Å². The van der Waals surface area contributed by atoms with Gasteiger partial charge in [0.1, 0.15) is 11.0 Å². The van der Waals surface area contributed by atoms with Gasteiger partial charge in [-0.3, -0.25) is 0 Å². The van der Waals surface area contributed by atoms with E-state index in [1.165, 1.54) is 6.39 Å². The minimum Gasteiger partial charge on any atom is -0.443 e. The smallest absolute Gasteiger partial charge is 0.227 e. The minimum absolute atomic E-state index is 0.609. The molecule has 0 saturated heterocycles. The van der Waals surface area contributed by atoms with Crippen molar-refractivity contribution in [3.63, 3.8) is 0 Å². The van der Waals surface area contributed by atoms with Gasteiger partial charge in [-0.05, 0) is 18.2 Å². The summed E-state index contributed by atoms with van der Waals surface area (Å²) >= 11 is 0. The van der Waals surface area contributed by atoms with Crippen molar-refractivity contribution in [3.05, 3.63) is 48.9 Å². The lowest BCUT2D eigenvalue weighted by atomic mass is 10.2. The molecule has 0 amide bonds. The van der Waals surface area contributed by atoms with E-state index in [9.17, 15) is 0 Å². The highest BCUT2D eigenvalue weighted by molar-refractivity contribution is 5.89. The Bertz CT molecular complexity index is 783. The van der Waals surface area contributed by atoms with E-state index in [4.69, 9.17) is 8.83 Å². The molecule has 4 aromatic rings. The zero-order valence-corrected chi connectivity index (χ0v) is 9.33. The Morgan fingerprint density at radius 3 is 2.67 bits per heavy atom. The van der Waals surface area contributed by atoms with Crippen molar-refractivity contribution in [1.29, 1.82) is 0 Å². The first-order valence-electron chi connectivity index (χ1n) is 5.59. The quantitative estimate of drug-likeness (QED) is 0.506. The molecule has 18 heavy (non-hydrogen) atoms. The van der Waals surface area contributed by atoms with Crippen LogP contribution in [-0.2, 0) is 0 Å². The van der Waals surface area contributed by atoms with Gasteiger partial charge in [-0.2, -0.15) is 0 Å². The van der Waals surface area contributed by atoms with E-state index in [1.54, 1.807) is 0 Å². The first-order valence-corrected chi connectivity index (χ1v) is 5.59. The van der Waals surface area contributed by atoms with Crippen LogP contribution in [0.1, 0.15) is 0 Å². The summed E-state index contributed by atoms with van der Waals surface area (Å²) in [6.07, 6.45) is 1.42. The number of oxazole rings is 2. The summed E-state index contributed by atoms with van der Waals surface area (Å²) < 4.78 is 11.0. The first-order chi connectivity index (χ1) is 8.90. The lowest BCUT2D eigenvalue weighted by Gasteiger charge is -1.91. The van der Waals surface area contributed by atoms with Crippen LogP contribution in [0.3, 0.4) is 0 Å². The molecule has 4 heteroatoms. The summed E-state index contributed by atoms with van der Waals surface area (Å²) in [6, 6.07) is 13.5. The maximum absolute atomic E-state index is 5.73. The molecule has 2 heterocycles. The van der Waals surface area contributed by atoms with Gasteiger partial charge in [-0.15, -0.1) is 0 Å². The van der Waals surface area contributed by atoms with Crippen LogP contribution >= 0.6 is 0 Å². The molecule has 0 fully saturated rings. The highest BCUT2D eigenvalue weighted by atomic mass is 16.4. The maximum atomic E-state index is 5.73. The fourth-order valence-corrected chi connectivity index (χ4v) is 1.98. The summed E-state index contributed by atoms with van der Waals surface area (Å²) in [5.41, 5.74) is 3.94. The SMILES string of the molecule is c1ccc(-c2nc3cc4ncoc4cc3o2)cc1. The summed E-state index contributed by atoms with van der Waals surface area (Å²) in [4.78, 5) is 8.57. The molecule has 0 N–H and O–H groups in total. The fourth-order valence-electron chi connectivity index (χ4n) is 1.98. The van der Waals surface area contributed by atoms with E-state index >= 15 is 0 Å². The molecule has 0 bridgehead atoms. The molecule has 0 spiro atoms. The van der Waals surface area contributed by atoms with Crippen LogP contribution in [0.2, 0.25) is 0 Å². The highest BCUT2D eigenvalue weighted by Gasteiger charge is 2.10. The Hall–Kier alpha value is -2.62. The van der Waals surface area contributed by atoms with E-state index < -0.39 is 0 Å². The van der Waals surface area contributed by atoms with Crippen molar-refractivity contribution in [1.82, 2.24) is 9.97 Å². The topological polar surface area (TPSA) is 52.1 Å². The molecule has 0 aliphatic carbocycles. The van der Waals surface area contributed by atoms with Gasteiger partial charge in [0.25, 0.3) is 0 Å². The van der Waals surface area contributed by atoms with E-state index in [1.807, 2.05) is 42.5 Å².